The van der Waals surface area contributed by atoms with Gasteiger partial charge in [-0.05, 0) is 19.3 Å². The molecule has 10 heteroatoms. The van der Waals surface area contributed by atoms with Crippen LogP contribution in [0.15, 0.2) is 0 Å². The van der Waals surface area contributed by atoms with Crippen molar-refractivity contribution in [2.45, 2.75) is 108 Å². The Balaban J connectivity index is -0.000000170. The molecule has 0 aliphatic carbocycles. The van der Waals surface area contributed by atoms with Gasteiger partial charge >= 0.3 is 72.4 Å². The van der Waals surface area contributed by atoms with Crippen LogP contribution < -0.4 is 15.3 Å². The summed E-state index contributed by atoms with van der Waals surface area (Å²) >= 11 is 1.71. The van der Waals surface area contributed by atoms with Gasteiger partial charge in [-0.25, -0.2) is 0 Å². The number of carbonyl (C=O) groups is 3. The third kappa shape index (κ3) is 31.1. The number of ether oxygens (including phenoxy) is 3. The van der Waals surface area contributed by atoms with Crippen molar-refractivity contribution in [3.05, 3.63) is 0 Å². The SMILES string of the molecule is CCC(OC)C(=O)[O-].CCC(OC)C(=O)[O-].CCC(OC)C(=O)[O-].CCCCCCC[CH2][Sn+3]. The van der Waals surface area contributed by atoms with Crippen LogP contribution in [0.1, 0.15) is 85.5 Å². The first-order valence-electron chi connectivity index (χ1n) is 11.4. The van der Waals surface area contributed by atoms with Gasteiger partial charge in [0.1, 0.15) is 0 Å². The molecule has 3 unspecified atom stereocenters. The molecule has 3 atom stereocenters. The molecule has 0 radical (unpaired) electrons. The van der Waals surface area contributed by atoms with E-state index in [4.69, 9.17) is 0 Å². The summed E-state index contributed by atoms with van der Waals surface area (Å²) in [5.74, 6) is -3.43. The molecule has 0 aromatic rings. The molecular weight excluding hydrogens is 539 g/mol. The molecular formula is C23H44O9Sn. The second-order valence-corrected chi connectivity index (χ2v) is 8.30. The zero-order valence-corrected chi connectivity index (χ0v) is 24.3. The summed E-state index contributed by atoms with van der Waals surface area (Å²) in [6.07, 6.45) is 7.85. The Morgan fingerprint density at radius 3 is 1.03 bits per heavy atom. The summed E-state index contributed by atoms with van der Waals surface area (Å²) in [5, 5.41) is 29.8. The third-order valence-corrected chi connectivity index (χ3v) is 5.29. The van der Waals surface area contributed by atoms with E-state index in [1.54, 1.807) is 43.3 Å². The maximum absolute atomic E-state index is 9.93. The van der Waals surface area contributed by atoms with E-state index in [-0.39, 0.29) is 0 Å². The second kappa shape index (κ2) is 31.1. The molecule has 0 aromatic heterocycles. The van der Waals surface area contributed by atoms with Crippen LogP contribution in [0.4, 0.5) is 0 Å². The van der Waals surface area contributed by atoms with Gasteiger partial charge in [0.15, 0.2) is 0 Å². The molecule has 9 nitrogen and oxygen atoms in total. The summed E-state index contributed by atoms with van der Waals surface area (Å²) in [7, 11) is 4.05. The van der Waals surface area contributed by atoms with Crippen molar-refractivity contribution in [1.82, 2.24) is 0 Å². The molecule has 0 bridgehead atoms. The minimum atomic E-state index is -1.14. The van der Waals surface area contributed by atoms with Gasteiger partial charge in [0.2, 0.25) is 0 Å². The fourth-order valence-electron chi connectivity index (χ4n) is 2.19. The summed E-state index contributed by atoms with van der Waals surface area (Å²) < 4.78 is 15.0. The zero-order valence-electron chi connectivity index (χ0n) is 21.5. The number of carboxylic acids is 3. The fourth-order valence-corrected chi connectivity index (χ4v) is 2.91. The predicted molar refractivity (Wildman–Crippen MR) is 122 cm³/mol. The average molecular weight is 583 g/mol. The topological polar surface area (TPSA) is 148 Å². The van der Waals surface area contributed by atoms with Gasteiger partial charge in [-0.15, -0.1) is 0 Å². The molecule has 33 heavy (non-hydrogen) atoms. The Morgan fingerprint density at radius 2 is 0.879 bits per heavy atom. The number of methoxy groups -OCH3 is 3. The number of hydrogen-bond acceptors (Lipinski definition) is 9. The van der Waals surface area contributed by atoms with Gasteiger partial charge in [0.05, 0.1) is 36.2 Å². The monoisotopic (exact) mass is 584 g/mol. The van der Waals surface area contributed by atoms with Crippen molar-refractivity contribution >= 4 is 40.4 Å². The average Bonchev–Trinajstić information content (AvgIpc) is 2.77. The number of unbranched alkanes of at least 4 members (excludes halogenated alkanes) is 5. The molecule has 0 heterocycles. The van der Waals surface area contributed by atoms with Crippen molar-refractivity contribution < 1.29 is 43.9 Å². The van der Waals surface area contributed by atoms with Crippen molar-refractivity contribution in [2.75, 3.05) is 21.3 Å². The van der Waals surface area contributed by atoms with E-state index >= 15 is 0 Å². The molecule has 0 spiro atoms. The van der Waals surface area contributed by atoms with Gasteiger partial charge in [-0.3, -0.25) is 0 Å². The Morgan fingerprint density at radius 1 is 0.606 bits per heavy atom. The van der Waals surface area contributed by atoms with Crippen LogP contribution in [0.5, 0.6) is 0 Å². The van der Waals surface area contributed by atoms with Gasteiger partial charge in [0.25, 0.3) is 0 Å². The van der Waals surface area contributed by atoms with Crippen molar-refractivity contribution in [2.24, 2.45) is 0 Å². The summed E-state index contributed by atoms with van der Waals surface area (Å²) in [6.45, 7) is 7.45. The van der Waals surface area contributed by atoms with Crippen molar-refractivity contribution in [3.63, 3.8) is 0 Å². The van der Waals surface area contributed by atoms with E-state index in [0.717, 1.165) is 0 Å². The molecule has 0 fully saturated rings. The van der Waals surface area contributed by atoms with E-state index in [0.29, 0.717) is 19.3 Å². The maximum atomic E-state index is 9.93. The van der Waals surface area contributed by atoms with E-state index in [2.05, 4.69) is 21.1 Å². The summed E-state index contributed by atoms with van der Waals surface area (Å²) in [6, 6.07) is 0. The van der Waals surface area contributed by atoms with E-state index in [1.807, 2.05) is 0 Å². The normalized spacial score (nSPS) is 12.4. The molecule has 0 aliphatic heterocycles. The first kappa shape index (κ1) is 39.3. The van der Waals surface area contributed by atoms with Crippen LogP contribution in [-0.4, -0.2) is 80.1 Å². The van der Waals surface area contributed by atoms with Crippen LogP contribution in [0, 0.1) is 0 Å². The van der Waals surface area contributed by atoms with Crippen LogP contribution in [0.25, 0.3) is 0 Å². The Labute approximate surface area is 213 Å². The van der Waals surface area contributed by atoms with Gasteiger partial charge in [0, 0.05) is 21.3 Å². The first-order valence-corrected chi connectivity index (χ1v) is 13.4. The number of hydrogen-bond donors (Lipinski definition) is 0. The van der Waals surface area contributed by atoms with Crippen LogP contribution >= 0.6 is 0 Å². The molecule has 0 saturated heterocycles. The van der Waals surface area contributed by atoms with E-state index < -0.39 is 36.2 Å². The molecule has 0 aliphatic rings. The number of aliphatic carboxylic acids is 3. The third-order valence-electron chi connectivity index (χ3n) is 4.28. The Kier molecular flexibility index (Phi) is 37.0. The van der Waals surface area contributed by atoms with Crippen LogP contribution in [0.3, 0.4) is 0 Å². The predicted octanol–water partition coefficient (Wildman–Crippen LogP) is 0.418. The Bertz CT molecular complexity index is 377. The van der Waals surface area contributed by atoms with Crippen LogP contribution in [-0.2, 0) is 28.6 Å². The number of carboxylic acid groups (broad SMARTS) is 3. The van der Waals surface area contributed by atoms with Gasteiger partial charge in [-0.1, -0.05) is 20.8 Å². The second-order valence-electron chi connectivity index (χ2n) is 6.87. The fraction of sp³-hybridized carbons (Fsp3) is 0.870. The molecule has 0 saturated carbocycles. The molecule has 0 amide bonds. The quantitative estimate of drug-likeness (QED) is 0.198. The summed E-state index contributed by atoms with van der Waals surface area (Å²) in [4.78, 5) is 29.8. The van der Waals surface area contributed by atoms with Crippen molar-refractivity contribution in [1.29, 1.82) is 0 Å². The standard InChI is InChI=1S/C8H17.3C5H10O3.Sn/c1-3-5-7-8-6-4-2;3*1-3-4(8-2)5(6)7;/h1,3-8H2,2H3;3*4H,3H2,1-2H3,(H,6,7);/q;;;;+3/p-3. The summed E-state index contributed by atoms with van der Waals surface area (Å²) in [5.41, 5.74) is 0. The number of carbonyl (C=O) groups excluding carboxylic acids is 3. The Hall–Kier alpha value is -0.911. The van der Waals surface area contributed by atoms with E-state index in [1.165, 1.54) is 64.3 Å². The molecule has 194 valence electrons. The van der Waals surface area contributed by atoms with Gasteiger partial charge in [-0.2, -0.15) is 0 Å². The van der Waals surface area contributed by atoms with E-state index in [9.17, 15) is 29.7 Å². The molecule has 0 aromatic carbocycles. The van der Waals surface area contributed by atoms with Crippen molar-refractivity contribution in [3.8, 4) is 0 Å². The minimum absolute atomic E-state index is 0.457. The molecule has 0 rings (SSSR count). The van der Waals surface area contributed by atoms with Crippen LogP contribution in [0.2, 0.25) is 4.44 Å². The number of rotatable bonds is 15. The molecule has 0 N–H and O–H groups in total. The zero-order chi connectivity index (χ0) is 26.7. The first-order chi connectivity index (χ1) is 15.6. The van der Waals surface area contributed by atoms with Gasteiger partial charge < -0.3 is 43.9 Å².